The largest absolute Gasteiger partial charge is 0.480 e. The van der Waals surface area contributed by atoms with Gasteiger partial charge in [0.15, 0.2) is 0 Å². The maximum atomic E-state index is 11.0. The van der Waals surface area contributed by atoms with Gasteiger partial charge in [0.05, 0.1) is 9.40 Å². The van der Waals surface area contributed by atoms with E-state index in [0.717, 1.165) is 0 Å². The van der Waals surface area contributed by atoms with Gasteiger partial charge >= 0.3 is 5.97 Å². The normalized spacial score (nSPS) is 11.7. The van der Waals surface area contributed by atoms with Crippen LogP contribution in [0, 0.1) is 10.1 Å². The summed E-state index contributed by atoms with van der Waals surface area (Å²) in [6.07, 6.45) is -0.0445. The van der Waals surface area contributed by atoms with Crippen LogP contribution in [0.4, 0.5) is 5.69 Å². The Bertz CT molecular complexity index is 532. The fourth-order valence-corrected chi connectivity index (χ4v) is 2.10. The van der Waals surface area contributed by atoms with Crippen molar-refractivity contribution in [3.63, 3.8) is 0 Å². The molecule has 8 heteroatoms. The number of hydrogen-bond acceptors (Lipinski definition) is 4. The number of carbonyl (C=O) groups is 2. The number of rotatable bonds is 5. The number of aliphatic carboxylic acids is 1. The average Bonchev–Trinajstić information content (AvgIpc) is 2.29. The Hall–Kier alpha value is -1.96. The number of nitrogens with zero attached hydrogens (tertiary/aromatic N) is 1. The number of hydrogen-bond donors (Lipinski definition) is 2. The van der Waals surface area contributed by atoms with Crippen molar-refractivity contribution < 1.29 is 19.6 Å². The predicted molar refractivity (Wildman–Crippen MR) is 69.7 cm³/mol. The first kappa shape index (κ1) is 15.1. The zero-order valence-corrected chi connectivity index (χ0v) is 11.5. The second-order valence-electron chi connectivity index (χ2n) is 3.80. The van der Waals surface area contributed by atoms with Gasteiger partial charge in [-0.25, -0.2) is 4.79 Å². The number of carbonyl (C=O) groups excluding carboxylic acids is 1. The second-order valence-corrected chi connectivity index (χ2v) is 4.60. The topological polar surface area (TPSA) is 110 Å². The van der Waals surface area contributed by atoms with Crippen molar-refractivity contribution >= 4 is 33.5 Å². The minimum absolute atomic E-state index is 0.0445. The van der Waals surface area contributed by atoms with Crippen LogP contribution < -0.4 is 5.32 Å². The van der Waals surface area contributed by atoms with E-state index in [-0.39, 0.29) is 16.6 Å². The third-order valence-electron chi connectivity index (χ3n) is 2.35. The molecule has 0 radical (unpaired) electrons. The van der Waals surface area contributed by atoms with Gasteiger partial charge in [-0.05, 0) is 21.5 Å². The lowest BCUT2D eigenvalue weighted by Crippen LogP contribution is -2.41. The molecule has 1 unspecified atom stereocenters. The Balaban J connectivity index is 3.03. The van der Waals surface area contributed by atoms with E-state index >= 15 is 0 Å². The van der Waals surface area contributed by atoms with Gasteiger partial charge in [0, 0.05) is 19.4 Å². The Morgan fingerprint density at radius 3 is 2.63 bits per heavy atom. The van der Waals surface area contributed by atoms with Crippen molar-refractivity contribution in [2.75, 3.05) is 0 Å². The second kappa shape index (κ2) is 6.28. The summed E-state index contributed by atoms with van der Waals surface area (Å²) < 4.78 is 0.219. The Labute approximate surface area is 116 Å². The van der Waals surface area contributed by atoms with Gasteiger partial charge in [0.2, 0.25) is 5.91 Å². The van der Waals surface area contributed by atoms with Crippen molar-refractivity contribution in [1.82, 2.24) is 5.32 Å². The molecule has 2 N–H and O–H groups in total. The van der Waals surface area contributed by atoms with E-state index in [2.05, 4.69) is 21.2 Å². The highest BCUT2D eigenvalue weighted by Gasteiger charge is 2.22. The summed E-state index contributed by atoms with van der Waals surface area (Å²) in [4.78, 5) is 32.1. The van der Waals surface area contributed by atoms with E-state index in [1.54, 1.807) is 6.07 Å². The molecule has 19 heavy (non-hydrogen) atoms. The van der Waals surface area contributed by atoms with Crippen LogP contribution in [0.15, 0.2) is 22.7 Å². The highest BCUT2D eigenvalue weighted by atomic mass is 79.9. The molecule has 1 rings (SSSR count). The maximum absolute atomic E-state index is 11.0. The molecule has 1 aromatic carbocycles. The summed E-state index contributed by atoms with van der Waals surface area (Å²) in [5.74, 6) is -1.68. The summed E-state index contributed by atoms with van der Waals surface area (Å²) in [5.41, 5.74) is 0.291. The summed E-state index contributed by atoms with van der Waals surface area (Å²) in [6, 6.07) is 3.21. The first-order valence-corrected chi connectivity index (χ1v) is 6.04. The van der Waals surface area contributed by atoms with Gasteiger partial charge in [0.25, 0.3) is 5.69 Å². The summed E-state index contributed by atoms with van der Waals surface area (Å²) in [5, 5.41) is 22.0. The number of benzene rings is 1. The zero-order chi connectivity index (χ0) is 14.6. The molecule has 0 aliphatic carbocycles. The van der Waals surface area contributed by atoms with E-state index in [1.807, 2.05) is 0 Å². The molecule has 1 aromatic rings. The number of carboxylic acid groups (broad SMARTS) is 1. The van der Waals surface area contributed by atoms with Crippen LogP contribution in [0.25, 0.3) is 0 Å². The number of halogens is 1. The number of carboxylic acids is 1. The Kier molecular flexibility index (Phi) is 4.99. The molecule has 102 valence electrons. The summed E-state index contributed by atoms with van der Waals surface area (Å²) >= 11 is 3.08. The standard InChI is InChI=1S/C11H11BrN2O5/c1-6(15)13-8(11(16)17)5-7-3-2-4-9(10(7)12)14(18)19/h2-4,8H,5H2,1H3,(H,13,15)(H,16,17). The van der Waals surface area contributed by atoms with Crippen LogP contribution >= 0.6 is 15.9 Å². The van der Waals surface area contributed by atoms with Crippen LogP contribution in [-0.2, 0) is 16.0 Å². The number of amides is 1. The first-order valence-electron chi connectivity index (χ1n) is 5.24. The number of nitro benzene ring substituents is 1. The molecule has 0 aromatic heterocycles. The molecule has 0 spiro atoms. The van der Waals surface area contributed by atoms with Gasteiger partial charge in [-0.1, -0.05) is 12.1 Å². The van der Waals surface area contributed by atoms with Crippen molar-refractivity contribution in [1.29, 1.82) is 0 Å². The minimum Gasteiger partial charge on any atom is -0.480 e. The number of nitrogens with one attached hydrogen (secondary N) is 1. The fourth-order valence-electron chi connectivity index (χ4n) is 1.53. The van der Waals surface area contributed by atoms with E-state index in [1.165, 1.54) is 19.1 Å². The number of nitro groups is 1. The highest BCUT2D eigenvalue weighted by Crippen LogP contribution is 2.29. The quantitative estimate of drug-likeness (QED) is 0.627. The lowest BCUT2D eigenvalue weighted by molar-refractivity contribution is -0.385. The monoisotopic (exact) mass is 330 g/mol. The van der Waals surface area contributed by atoms with Crippen molar-refractivity contribution in [3.8, 4) is 0 Å². The minimum atomic E-state index is -1.20. The van der Waals surface area contributed by atoms with Gasteiger partial charge in [-0.2, -0.15) is 0 Å². The average molecular weight is 331 g/mol. The van der Waals surface area contributed by atoms with Crippen molar-refractivity contribution in [2.24, 2.45) is 0 Å². The Morgan fingerprint density at radius 1 is 1.53 bits per heavy atom. The zero-order valence-electron chi connectivity index (χ0n) is 9.92. The molecule has 0 saturated carbocycles. The van der Waals surface area contributed by atoms with Gasteiger partial charge in [-0.3, -0.25) is 14.9 Å². The molecule has 0 aliphatic rings. The van der Waals surface area contributed by atoms with Crippen LogP contribution in [0.3, 0.4) is 0 Å². The molecule has 0 fully saturated rings. The highest BCUT2D eigenvalue weighted by molar-refractivity contribution is 9.10. The van der Waals surface area contributed by atoms with Crippen LogP contribution in [0.5, 0.6) is 0 Å². The van der Waals surface area contributed by atoms with E-state index < -0.39 is 22.8 Å². The Morgan fingerprint density at radius 2 is 2.16 bits per heavy atom. The van der Waals surface area contributed by atoms with E-state index in [0.29, 0.717) is 5.56 Å². The molecule has 0 aliphatic heterocycles. The maximum Gasteiger partial charge on any atom is 0.326 e. The van der Waals surface area contributed by atoms with Crippen molar-refractivity contribution in [2.45, 2.75) is 19.4 Å². The SMILES string of the molecule is CC(=O)NC(Cc1cccc([N+](=O)[O-])c1Br)C(=O)O. The first-order chi connectivity index (χ1) is 8.82. The van der Waals surface area contributed by atoms with Crippen LogP contribution in [-0.4, -0.2) is 27.9 Å². The van der Waals surface area contributed by atoms with Gasteiger partial charge in [0.1, 0.15) is 6.04 Å². The molecule has 1 atom stereocenters. The summed E-state index contributed by atoms with van der Waals surface area (Å²) in [6.45, 7) is 1.21. The molecule has 0 saturated heterocycles. The molecule has 7 nitrogen and oxygen atoms in total. The van der Waals surface area contributed by atoms with E-state index in [9.17, 15) is 19.7 Å². The summed E-state index contributed by atoms with van der Waals surface area (Å²) in [7, 11) is 0. The van der Waals surface area contributed by atoms with E-state index in [4.69, 9.17) is 5.11 Å². The third kappa shape index (κ3) is 4.02. The van der Waals surface area contributed by atoms with Crippen LogP contribution in [0.1, 0.15) is 12.5 Å². The molecule has 0 heterocycles. The molecule has 0 bridgehead atoms. The van der Waals surface area contributed by atoms with Crippen molar-refractivity contribution in [3.05, 3.63) is 38.3 Å². The van der Waals surface area contributed by atoms with Crippen LogP contribution in [0.2, 0.25) is 0 Å². The fraction of sp³-hybridized carbons (Fsp3) is 0.273. The third-order valence-corrected chi connectivity index (χ3v) is 3.27. The molecular formula is C11H11BrN2O5. The van der Waals surface area contributed by atoms with Gasteiger partial charge < -0.3 is 10.4 Å². The smallest absolute Gasteiger partial charge is 0.326 e. The predicted octanol–water partition coefficient (Wildman–Crippen LogP) is 1.49. The lowest BCUT2D eigenvalue weighted by Gasteiger charge is -2.14. The molecule has 1 amide bonds. The lowest BCUT2D eigenvalue weighted by atomic mass is 10.1. The van der Waals surface area contributed by atoms with Gasteiger partial charge in [-0.15, -0.1) is 0 Å². The molecular weight excluding hydrogens is 320 g/mol.